The van der Waals surface area contributed by atoms with Crippen LogP contribution in [0.2, 0.25) is 26.2 Å². The van der Waals surface area contributed by atoms with Crippen LogP contribution in [0, 0.1) is 0 Å². The van der Waals surface area contributed by atoms with E-state index in [2.05, 4.69) is 0 Å². The van der Waals surface area contributed by atoms with E-state index in [-0.39, 0.29) is 29.7 Å². The van der Waals surface area contributed by atoms with Crippen LogP contribution in [0.4, 0.5) is 0 Å². The molecule has 0 aliphatic heterocycles. The first-order valence-corrected chi connectivity index (χ1v) is 9.27. The van der Waals surface area contributed by atoms with Crippen molar-refractivity contribution in [2.75, 3.05) is 14.2 Å². The molecule has 100 valence electrons. The fraction of sp³-hybridized carbons (Fsp3) is 1.00. The van der Waals surface area contributed by atoms with Crippen molar-refractivity contribution in [2.24, 2.45) is 0 Å². The molecule has 0 fully saturated rings. The molecular formula is C10H34O3Si2. The molecule has 0 heterocycles. The van der Waals surface area contributed by atoms with Crippen LogP contribution in [0.15, 0.2) is 0 Å². The Labute approximate surface area is 101 Å². The highest BCUT2D eigenvalue weighted by Crippen LogP contribution is 2.14. The third kappa shape index (κ3) is 14.3. The van der Waals surface area contributed by atoms with Crippen LogP contribution in [-0.2, 0) is 13.0 Å². The van der Waals surface area contributed by atoms with Crippen molar-refractivity contribution in [2.45, 2.75) is 55.9 Å². The summed E-state index contributed by atoms with van der Waals surface area (Å²) >= 11 is 0. The van der Waals surface area contributed by atoms with E-state index >= 15 is 0 Å². The first kappa shape index (κ1) is 29.5. The second kappa shape index (κ2) is 10.8. The second-order valence-electron chi connectivity index (χ2n) is 3.31. The molecule has 0 rings (SSSR count). The summed E-state index contributed by atoms with van der Waals surface area (Å²) < 4.78 is 16.3. The predicted octanol–water partition coefficient (Wildman–Crippen LogP) is 4.24. The van der Waals surface area contributed by atoms with Crippen LogP contribution >= 0.6 is 0 Å². The molecule has 0 N–H and O–H groups in total. The first-order chi connectivity index (χ1) is 4.83. The van der Waals surface area contributed by atoms with Gasteiger partial charge in [0.1, 0.15) is 0 Å². The molecule has 0 unspecified atom stereocenters. The fourth-order valence-corrected chi connectivity index (χ4v) is 6.08. The van der Waals surface area contributed by atoms with E-state index in [1.165, 1.54) is 0 Å². The Morgan fingerprint density at radius 3 is 0.933 bits per heavy atom. The quantitative estimate of drug-likeness (QED) is 0.706. The maximum absolute atomic E-state index is 5.76. The number of rotatable bonds is 4. The molecule has 0 aliphatic carbocycles. The summed E-state index contributed by atoms with van der Waals surface area (Å²) in [5.74, 6) is 0. The van der Waals surface area contributed by atoms with E-state index in [9.17, 15) is 0 Å². The van der Waals surface area contributed by atoms with E-state index in [1.807, 2.05) is 26.2 Å². The minimum atomic E-state index is -1.90. The van der Waals surface area contributed by atoms with Crippen molar-refractivity contribution in [1.82, 2.24) is 0 Å². The van der Waals surface area contributed by atoms with Crippen LogP contribution in [-0.4, -0.2) is 31.3 Å². The molecule has 0 aromatic carbocycles. The van der Waals surface area contributed by atoms with Gasteiger partial charge in [-0.3, -0.25) is 0 Å². The largest absolute Gasteiger partial charge is 0.415 e. The van der Waals surface area contributed by atoms with Crippen LogP contribution in [0.25, 0.3) is 0 Å². The van der Waals surface area contributed by atoms with Gasteiger partial charge < -0.3 is 13.0 Å². The lowest BCUT2D eigenvalue weighted by Gasteiger charge is -2.30. The van der Waals surface area contributed by atoms with Crippen molar-refractivity contribution in [1.29, 1.82) is 0 Å². The Hall–Kier alpha value is 0.314. The predicted molar refractivity (Wildman–Crippen MR) is 77.0 cm³/mol. The highest BCUT2D eigenvalue weighted by Gasteiger charge is 2.34. The maximum atomic E-state index is 5.76. The summed E-state index contributed by atoms with van der Waals surface area (Å²) in [4.78, 5) is 0. The summed E-state index contributed by atoms with van der Waals surface area (Å²) in [6, 6.07) is 0. The number of hydrogen-bond donors (Lipinski definition) is 0. The first-order valence-electron chi connectivity index (χ1n) is 3.63. The third-order valence-corrected chi connectivity index (χ3v) is 7.37. The Morgan fingerprint density at radius 2 is 0.800 bits per heavy atom. The topological polar surface area (TPSA) is 27.7 Å². The van der Waals surface area contributed by atoms with Crippen LogP contribution < -0.4 is 0 Å². The number of hydrogen-bond acceptors (Lipinski definition) is 3. The van der Waals surface area contributed by atoms with Gasteiger partial charge in [0.15, 0.2) is 0 Å². The van der Waals surface area contributed by atoms with E-state index in [0.29, 0.717) is 0 Å². The normalized spacial score (nSPS) is 10.0. The maximum Gasteiger partial charge on any atom is 0.322 e. The van der Waals surface area contributed by atoms with Crippen LogP contribution in [0.3, 0.4) is 0 Å². The van der Waals surface area contributed by atoms with Gasteiger partial charge in [-0.1, -0.05) is 29.7 Å². The second-order valence-corrected chi connectivity index (χ2v) is 10.5. The van der Waals surface area contributed by atoms with Gasteiger partial charge >= 0.3 is 17.1 Å². The summed E-state index contributed by atoms with van der Waals surface area (Å²) in [5.41, 5.74) is 0. The Balaban J connectivity index is -0.0000000833. The standard InChI is InChI=1S/C6H18O3Si2.4CH4/c1-7-10(3,4)9-11(5,6)8-2;;;;/h1-6H3;4*1H4. The monoisotopic (exact) mass is 258 g/mol. The fourth-order valence-electron chi connectivity index (χ4n) is 0.675. The minimum Gasteiger partial charge on any atom is -0.415 e. The zero-order valence-corrected chi connectivity index (χ0v) is 10.2. The van der Waals surface area contributed by atoms with Crippen molar-refractivity contribution < 1.29 is 13.0 Å². The van der Waals surface area contributed by atoms with E-state index in [1.54, 1.807) is 14.2 Å². The molecular weight excluding hydrogens is 224 g/mol. The van der Waals surface area contributed by atoms with Gasteiger partial charge in [0, 0.05) is 14.2 Å². The van der Waals surface area contributed by atoms with E-state index < -0.39 is 17.1 Å². The van der Waals surface area contributed by atoms with Gasteiger partial charge in [0.2, 0.25) is 0 Å². The minimum absolute atomic E-state index is 0. The highest BCUT2D eigenvalue weighted by molar-refractivity contribution is 6.78. The SMILES string of the molecule is C.C.C.C.CO[Si](C)(C)O[Si](C)(C)OC. The molecule has 0 amide bonds. The molecule has 0 bridgehead atoms. The van der Waals surface area contributed by atoms with Gasteiger partial charge in [-0.15, -0.1) is 0 Å². The van der Waals surface area contributed by atoms with Crippen molar-refractivity contribution >= 4 is 17.1 Å². The van der Waals surface area contributed by atoms with Crippen LogP contribution in [0.1, 0.15) is 29.7 Å². The van der Waals surface area contributed by atoms with Crippen LogP contribution in [0.5, 0.6) is 0 Å². The molecule has 0 spiro atoms. The Bertz CT molecular complexity index is 114. The highest BCUT2D eigenvalue weighted by atomic mass is 28.5. The van der Waals surface area contributed by atoms with Crippen molar-refractivity contribution in [3.63, 3.8) is 0 Å². The summed E-state index contributed by atoms with van der Waals surface area (Å²) in [7, 11) is -0.420. The smallest absolute Gasteiger partial charge is 0.322 e. The lowest BCUT2D eigenvalue weighted by atomic mass is 11.8. The summed E-state index contributed by atoms with van der Waals surface area (Å²) in [6.45, 7) is 8.06. The van der Waals surface area contributed by atoms with Gasteiger partial charge in [-0.05, 0) is 26.2 Å². The van der Waals surface area contributed by atoms with Gasteiger partial charge in [0.25, 0.3) is 0 Å². The van der Waals surface area contributed by atoms with Crippen molar-refractivity contribution in [3.8, 4) is 0 Å². The Kier molecular flexibility index (Phi) is 21.3. The van der Waals surface area contributed by atoms with E-state index in [0.717, 1.165) is 0 Å². The molecule has 3 nitrogen and oxygen atoms in total. The average Bonchev–Trinajstić information content (AvgIpc) is 1.86. The molecule has 0 radical (unpaired) electrons. The van der Waals surface area contributed by atoms with Gasteiger partial charge in [0.05, 0.1) is 0 Å². The van der Waals surface area contributed by atoms with Gasteiger partial charge in [-0.25, -0.2) is 0 Å². The zero-order chi connectivity index (χ0) is 9.12. The Morgan fingerprint density at radius 1 is 0.600 bits per heavy atom. The molecule has 0 aromatic heterocycles. The lowest BCUT2D eigenvalue weighted by Crippen LogP contribution is -2.47. The zero-order valence-electron chi connectivity index (χ0n) is 8.22. The molecule has 15 heavy (non-hydrogen) atoms. The average molecular weight is 259 g/mol. The molecule has 5 heteroatoms. The van der Waals surface area contributed by atoms with Gasteiger partial charge in [-0.2, -0.15) is 0 Å². The lowest BCUT2D eigenvalue weighted by molar-refractivity contribution is 0.251. The molecule has 0 saturated carbocycles. The van der Waals surface area contributed by atoms with Crippen molar-refractivity contribution in [3.05, 3.63) is 0 Å². The molecule has 0 saturated heterocycles. The summed E-state index contributed by atoms with van der Waals surface area (Å²) in [6.07, 6.45) is 0. The van der Waals surface area contributed by atoms with E-state index in [4.69, 9.17) is 13.0 Å². The molecule has 0 aliphatic rings. The molecule has 0 aromatic rings. The third-order valence-electron chi connectivity index (χ3n) is 1.47. The summed E-state index contributed by atoms with van der Waals surface area (Å²) in [5, 5.41) is 0. The molecule has 0 atom stereocenters.